The molecule has 0 unspecified atom stereocenters. The Morgan fingerprint density at radius 1 is 1.50 bits per heavy atom. The summed E-state index contributed by atoms with van der Waals surface area (Å²) in [6.07, 6.45) is 2.38. The summed E-state index contributed by atoms with van der Waals surface area (Å²) >= 11 is 2.29. The van der Waals surface area contributed by atoms with Gasteiger partial charge in [0.05, 0.1) is 6.54 Å². The van der Waals surface area contributed by atoms with Gasteiger partial charge in [0.2, 0.25) is 0 Å². The molecular formula is C13H17IN2O2. The van der Waals surface area contributed by atoms with Gasteiger partial charge in [0.25, 0.3) is 0 Å². The van der Waals surface area contributed by atoms with Gasteiger partial charge >= 0.3 is 6.09 Å². The summed E-state index contributed by atoms with van der Waals surface area (Å²) in [5.74, 6) is 0. The number of fused-ring (bicyclic) bond motifs is 1. The highest BCUT2D eigenvalue weighted by molar-refractivity contribution is 14.1. The van der Waals surface area contributed by atoms with E-state index in [9.17, 15) is 4.79 Å². The van der Waals surface area contributed by atoms with E-state index in [1.165, 1.54) is 0 Å². The Morgan fingerprint density at radius 2 is 2.22 bits per heavy atom. The smallest absolute Gasteiger partial charge is 0.410 e. The van der Waals surface area contributed by atoms with Gasteiger partial charge in [-0.3, -0.25) is 4.98 Å². The Hall–Kier alpha value is -0.850. The fraction of sp³-hybridized carbons (Fsp3) is 0.538. The van der Waals surface area contributed by atoms with Gasteiger partial charge in [-0.15, -0.1) is 0 Å². The lowest BCUT2D eigenvalue weighted by atomic mass is 10.1. The molecule has 4 nitrogen and oxygen atoms in total. The summed E-state index contributed by atoms with van der Waals surface area (Å²) in [6.45, 7) is 6.92. The first-order valence-electron chi connectivity index (χ1n) is 5.97. The van der Waals surface area contributed by atoms with Gasteiger partial charge in [0, 0.05) is 34.0 Å². The van der Waals surface area contributed by atoms with Crippen molar-refractivity contribution in [2.75, 3.05) is 6.54 Å². The highest BCUT2D eigenvalue weighted by atomic mass is 127. The van der Waals surface area contributed by atoms with Gasteiger partial charge < -0.3 is 9.64 Å². The molecule has 18 heavy (non-hydrogen) atoms. The van der Waals surface area contributed by atoms with Gasteiger partial charge in [-0.25, -0.2) is 4.79 Å². The van der Waals surface area contributed by atoms with Crippen molar-refractivity contribution in [1.82, 2.24) is 9.88 Å². The van der Waals surface area contributed by atoms with Gasteiger partial charge in [-0.1, -0.05) is 0 Å². The van der Waals surface area contributed by atoms with E-state index in [4.69, 9.17) is 4.74 Å². The topological polar surface area (TPSA) is 42.4 Å². The number of nitrogens with zero attached hydrogens (tertiary/aromatic N) is 2. The molecule has 0 fully saturated rings. The highest BCUT2D eigenvalue weighted by Gasteiger charge is 2.26. The standard InChI is InChI=1S/C13H17IN2O2/c1-13(2,3)18-12(17)16-7-5-11-9(8-16)10(14)4-6-15-11/h4,6H,5,7-8H2,1-3H3. The van der Waals surface area contributed by atoms with Crippen molar-refractivity contribution in [3.63, 3.8) is 0 Å². The van der Waals surface area contributed by atoms with Crippen molar-refractivity contribution >= 4 is 28.7 Å². The van der Waals surface area contributed by atoms with Crippen molar-refractivity contribution in [2.24, 2.45) is 0 Å². The molecule has 1 amide bonds. The van der Waals surface area contributed by atoms with Gasteiger partial charge in [0.15, 0.2) is 0 Å². The Balaban J connectivity index is 2.12. The molecule has 2 heterocycles. The molecule has 2 rings (SSSR count). The zero-order chi connectivity index (χ0) is 13.3. The quantitative estimate of drug-likeness (QED) is 0.668. The number of hydrogen-bond acceptors (Lipinski definition) is 3. The monoisotopic (exact) mass is 360 g/mol. The number of carbonyl (C=O) groups excluding carboxylic acids is 1. The Morgan fingerprint density at radius 3 is 2.89 bits per heavy atom. The summed E-state index contributed by atoms with van der Waals surface area (Å²) in [4.78, 5) is 18.1. The number of pyridine rings is 1. The first-order chi connectivity index (χ1) is 8.37. The van der Waals surface area contributed by atoms with E-state index in [0.29, 0.717) is 13.1 Å². The van der Waals surface area contributed by atoms with Crippen LogP contribution in [0.3, 0.4) is 0 Å². The van der Waals surface area contributed by atoms with Crippen LogP contribution in [0.5, 0.6) is 0 Å². The normalized spacial score (nSPS) is 15.2. The summed E-state index contributed by atoms with van der Waals surface area (Å²) in [5.41, 5.74) is 1.80. The van der Waals surface area contributed by atoms with E-state index >= 15 is 0 Å². The SMILES string of the molecule is CC(C)(C)OC(=O)N1CCc2nccc(I)c2C1. The summed E-state index contributed by atoms with van der Waals surface area (Å²) < 4.78 is 6.55. The molecular weight excluding hydrogens is 343 g/mol. The number of halogens is 1. The zero-order valence-electron chi connectivity index (χ0n) is 10.9. The summed E-state index contributed by atoms with van der Waals surface area (Å²) in [5, 5.41) is 0. The summed E-state index contributed by atoms with van der Waals surface area (Å²) in [7, 11) is 0. The fourth-order valence-corrected chi connectivity index (χ4v) is 2.53. The van der Waals surface area contributed by atoms with E-state index in [-0.39, 0.29) is 6.09 Å². The predicted molar refractivity (Wildman–Crippen MR) is 77.3 cm³/mol. The number of aromatic nitrogens is 1. The molecule has 1 aliphatic rings. The largest absolute Gasteiger partial charge is 0.444 e. The molecule has 0 radical (unpaired) electrons. The van der Waals surface area contributed by atoms with Crippen LogP contribution in [0.15, 0.2) is 12.3 Å². The first kappa shape index (κ1) is 13.6. The molecule has 0 saturated heterocycles. The maximum atomic E-state index is 12.0. The number of rotatable bonds is 0. The molecule has 0 aromatic carbocycles. The zero-order valence-corrected chi connectivity index (χ0v) is 13.0. The number of amides is 1. The lowest BCUT2D eigenvalue weighted by Crippen LogP contribution is -2.40. The second-order valence-corrected chi connectivity index (χ2v) is 6.53. The van der Waals surface area contributed by atoms with Crippen LogP contribution in [-0.2, 0) is 17.7 Å². The van der Waals surface area contributed by atoms with Crippen LogP contribution >= 0.6 is 22.6 Å². The van der Waals surface area contributed by atoms with E-state index in [0.717, 1.165) is 21.2 Å². The van der Waals surface area contributed by atoms with E-state index in [1.807, 2.05) is 33.0 Å². The van der Waals surface area contributed by atoms with Crippen molar-refractivity contribution in [3.8, 4) is 0 Å². The van der Waals surface area contributed by atoms with E-state index < -0.39 is 5.60 Å². The van der Waals surface area contributed by atoms with Crippen molar-refractivity contribution < 1.29 is 9.53 Å². The minimum absolute atomic E-state index is 0.243. The number of carbonyl (C=O) groups is 1. The van der Waals surface area contributed by atoms with Crippen LogP contribution in [0.2, 0.25) is 0 Å². The second kappa shape index (κ2) is 5.03. The molecule has 0 saturated carbocycles. The third-order valence-electron chi connectivity index (χ3n) is 2.71. The van der Waals surface area contributed by atoms with E-state index in [1.54, 1.807) is 4.90 Å². The van der Waals surface area contributed by atoms with E-state index in [2.05, 4.69) is 27.6 Å². The maximum Gasteiger partial charge on any atom is 0.410 e. The Kier molecular flexibility index (Phi) is 3.79. The highest BCUT2D eigenvalue weighted by Crippen LogP contribution is 2.23. The third kappa shape index (κ3) is 3.13. The molecule has 0 aliphatic carbocycles. The van der Waals surface area contributed by atoms with Crippen molar-refractivity contribution in [3.05, 3.63) is 27.1 Å². The van der Waals surface area contributed by atoms with Gasteiger partial charge in [0.1, 0.15) is 5.60 Å². The van der Waals surface area contributed by atoms with Crippen LogP contribution in [0.4, 0.5) is 4.79 Å². The van der Waals surface area contributed by atoms with Crippen molar-refractivity contribution in [2.45, 2.75) is 39.3 Å². The molecule has 1 aliphatic heterocycles. The Labute approximate surface area is 121 Å². The second-order valence-electron chi connectivity index (χ2n) is 5.37. The molecule has 1 aromatic heterocycles. The third-order valence-corrected chi connectivity index (χ3v) is 3.72. The van der Waals surface area contributed by atoms with Gasteiger partial charge in [-0.05, 0) is 49.4 Å². The molecule has 0 atom stereocenters. The number of hydrogen-bond donors (Lipinski definition) is 0. The van der Waals surface area contributed by atoms with Crippen LogP contribution in [-0.4, -0.2) is 28.1 Å². The maximum absolute atomic E-state index is 12.0. The molecule has 1 aromatic rings. The number of ether oxygens (including phenoxy) is 1. The summed E-state index contributed by atoms with van der Waals surface area (Å²) in [6, 6.07) is 1.97. The average Bonchev–Trinajstić information content (AvgIpc) is 2.27. The van der Waals surface area contributed by atoms with Crippen LogP contribution in [0, 0.1) is 3.57 Å². The first-order valence-corrected chi connectivity index (χ1v) is 7.05. The minimum atomic E-state index is -0.445. The molecule has 5 heteroatoms. The lowest BCUT2D eigenvalue weighted by molar-refractivity contribution is 0.0222. The van der Waals surface area contributed by atoms with Crippen molar-refractivity contribution in [1.29, 1.82) is 0 Å². The van der Waals surface area contributed by atoms with Crippen LogP contribution in [0.1, 0.15) is 32.0 Å². The average molecular weight is 360 g/mol. The fourth-order valence-electron chi connectivity index (χ4n) is 1.88. The molecule has 0 spiro atoms. The Bertz CT molecular complexity index is 469. The van der Waals surface area contributed by atoms with Gasteiger partial charge in [-0.2, -0.15) is 0 Å². The molecule has 0 bridgehead atoms. The predicted octanol–water partition coefficient (Wildman–Crippen LogP) is 2.98. The van der Waals surface area contributed by atoms with Crippen LogP contribution < -0.4 is 0 Å². The lowest BCUT2D eigenvalue weighted by Gasteiger charge is -2.31. The molecule has 0 N–H and O–H groups in total. The molecule has 98 valence electrons. The minimum Gasteiger partial charge on any atom is -0.444 e. The van der Waals surface area contributed by atoms with Crippen LogP contribution in [0.25, 0.3) is 0 Å².